The lowest BCUT2D eigenvalue weighted by atomic mass is 9.86. The number of unbranched alkanes of at least 4 members (excludes halogenated alkanes) is 5. The van der Waals surface area contributed by atoms with Crippen LogP contribution in [0.15, 0.2) is 0 Å². The number of nitrogens with one attached hydrogen (secondary N) is 1. The highest BCUT2D eigenvalue weighted by Gasteiger charge is 2.31. The summed E-state index contributed by atoms with van der Waals surface area (Å²) in [4.78, 5) is 36.2. The zero-order valence-electron chi connectivity index (χ0n) is 18.3. The van der Waals surface area contributed by atoms with E-state index in [4.69, 9.17) is 9.47 Å². The molecule has 168 valence electrons. The van der Waals surface area contributed by atoms with Crippen molar-refractivity contribution in [3.63, 3.8) is 0 Å². The molecule has 1 aliphatic rings. The Morgan fingerprint density at radius 2 is 1.72 bits per heavy atom. The van der Waals surface area contributed by atoms with E-state index >= 15 is 0 Å². The number of esters is 1. The lowest BCUT2D eigenvalue weighted by Gasteiger charge is -2.21. The first-order valence-electron chi connectivity index (χ1n) is 11.2. The van der Waals surface area contributed by atoms with Crippen LogP contribution in [0.1, 0.15) is 78.6 Å². The van der Waals surface area contributed by atoms with Gasteiger partial charge in [0.1, 0.15) is 12.7 Å². The van der Waals surface area contributed by atoms with Crippen LogP contribution in [0, 0.1) is 17.8 Å². The van der Waals surface area contributed by atoms with Gasteiger partial charge in [-0.05, 0) is 25.7 Å². The van der Waals surface area contributed by atoms with E-state index in [1.54, 1.807) is 6.92 Å². The quantitative estimate of drug-likeness (QED) is 0.215. The maximum Gasteiger partial charge on any atom is 0.308 e. The van der Waals surface area contributed by atoms with Crippen LogP contribution >= 0.6 is 0 Å². The minimum Gasteiger partial charge on any atom is -0.481 e. The molecule has 0 aromatic rings. The number of carboxylic acids is 1. The van der Waals surface area contributed by atoms with Crippen molar-refractivity contribution in [2.24, 2.45) is 17.8 Å². The SMILES string of the molecule is CCCCCCCCNC(=O)C(CC)CC(CC(C)C(=O)OCC1CO1)C(=O)O. The van der Waals surface area contributed by atoms with Gasteiger partial charge in [0.15, 0.2) is 0 Å². The smallest absolute Gasteiger partial charge is 0.308 e. The van der Waals surface area contributed by atoms with Crippen LogP contribution in [-0.4, -0.2) is 48.8 Å². The molecule has 0 bridgehead atoms. The lowest BCUT2D eigenvalue weighted by Crippen LogP contribution is -2.34. The Labute approximate surface area is 174 Å². The maximum absolute atomic E-state index is 12.5. The minimum atomic E-state index is -0.975. The maximum atomic E-state index is 12.5. The van der Waals surface area contributed by atoms with E-state index in [0.717, 1.165) is 12.8 Å². The van der Waals surface area contributed by atoms with Crippen LogP contribution in [0.25, 0.3) is 0 Å². The second-order valence-corrected chi connectivity index (χ2v) is 8.16. The summed E-state index contributed by atoms with van der Waals surface area (Å²) in [6, 6.07) is 0. The van der Waals surface area contributed by atoms with E-state index in [0.29, 0.717) is 19.6 Å². The second kappa shape index (κ2) is 14.4. The Bertz CT molecular complexity index is 506. The summed E-state index contributed by atoms with van der Waals surface area (Å²) in [6.07, 6.45) is 7.89. The molecular formula is C22H39NO6. The third-order valence-electron chi connectivity index (χ3n) is 5.47. The summed E-state index contributed by atoms with van der Waals surface area (Å²) in [7, 11) is 0. The first-order chi connectivity index (χ1) is 13.9. The average Bonchev–Trinajstić information content (AvgIpc) is 3.52. The number of carbonyl (C=O) groups excluding carboxylic acids is 2. The van der Waals surface area contributed by atoms with E-state index in [2.05, 4.69) is 12.2 Å². The summed E-state index contributed by atoms with van der Waals surface area (Å²) < 4.78 is 10.2. The molecule has 1 heterocycles. The Morgan fingerprint density at radius 3 is 2.31 bits per heavy atom. The number of rotatable bonds is 17. The summed E-state index contributed by atoms with van der Waals surface area (Å²) >= 11 is 0. The van der Waals surface area contributed by atoms with Crippen molar-refractivity contribution in [3.8, 4) is 0 Å². The van der Waals surface area contributed by atoms with Crippen molar-refractivity contribution in [1.29, 1.82) is 0 Å². The number of hydrogen-bond acceptors (Lipinski definition) is 5. The van der Waals surface area contributed by atoms with Gasteiger partial charge in [-0.3, -0.25) is 14.4 Å². The van der Waals surface area contributed by atoms with Crippen molar-refractivity contribution in [2.45, 2.75) is 84.7 Å². The molecule has 0 aromatic carbocycles. The molecule has 0 aromatic heterocycles. The first kappa shape index (κ1) is 25.4. The number of epoxide rings is 1. The minimum absolute atomic E-state index is 0.0127. The van der Waals surface area contributed by atoms with Gasteiger partial charge in [-0.25, -0.2) is 0 Å². The molecule has 1 rings (SSSR count). The van der Waals surface area contributed by atoms with E-state index < -0.39 is 23.8 Å². The van der Waals surface area contributed by atoms with Crippen LogP contribution in [0.3, 0.4) is 0 Å². The molecule has 4 atom stereocenters. The van der Waals surface area contributed by atoms with Crippen LogP contribution in [-0.2, 0) is 23.9 Å². The van der Waals surface area contributed by atoms with Crippen LogP contribution in [0.2, 0.25) is 0 Å². The molecule has 1 aliphatic heterocycles. The predicted octanol–water partition coefficient (Wildman–Crippen LogP) is 3.55. The molecule has 1 fully saturated rings. The van der Waals surface area contributed by atoms with Crippen molar-refractivity contribution in [1.82, 2.24) is 5.32 Å². The molecule has 1 saturated heterocycles. The fraction of sp³-hybridized carbons (Fsp3) is 0.864. The number of hydrogen-bond donors (Lipinski definition) is 2. The molecule has 7 nitrogen and oxygen atoms in total. The normalized spacial score (nSPS) is 18.5. The largest absolute Gasteiger partial charge is 0.481 e. The molecule has 7 heteroatoms. The van der Waals surface area contributed by atoms with Gasteiger partial charge < -0.3 is 19.9 Å². The number of ether oxygens (including phenoxy) is 2. The molecule has 0 aliphatic carbocycles. The van der Waals surface area contributed by atoms with Gasteiger partial charge in [0.25, 0.3) is 0 Å². The van der Waals surface area contributed by atoms with Crippen LogP contribution in [0.4, 0.5) is 0 Å². The molecule has 2 N–H and O–H groups in total. The fourth-order valence-corrected chi connectivity index (χ4v) is 3.37. The van der Waals surface area contributed by atoms with Gasteiger partial charge in [-0.2, -0.15) is 0 Å². The highest BCUT2D eigenvalue weighted by Crippen LogP contribution is 2.24. The second-order valence-electron chi connectivity index (χ2n) is 8.16. The number of amides is 1. The molecule has 0 spiro atoms. The van der Waals surface area contributed by atoms with Gasteiger partial charge >= 0.3 is 11.9 Å². The highest BCUT2D eigenvalue weighted by molar-refractivity contribution is 5.80. The number of carboxylic acid groups (broad SMARTS) is 1. The van der Waals surface area contributed by atoms with Crippen molar-refractivity contribution in [3.05, 3.63) is 0 Å². The molecule has 0 radical (unpaired) electrons. The van der Waals surface area contributed by atoms with Gasteiger partial charge in [0, 0.05) is 12.5 Å². The molecule has 0 saturated carbocycles. The van der Waals surface area contributed by atoms with Crippen LogP contribution < -0.4 is 5.32 Å². The van der Waals surface area contributed by atoms with E-state index in [1.807, 2.05) is 6.92 Å². The third kappa shape index (κ3) is 11.2. The Morgan fingerprint density at radius 1 is 1.07 bits per heavy atom. The van der Waals surface area contributed by atoms with Crippen molar-refractivity contribution < 1.29 is 29.0 Å². The zero-order chi connectivity index (χ0) is 21.6. The van der Waals surface area contributed by atoms with E-state index in [-0.39, 0.29) is 37.4 Å². The molecular weight excluding hydrogens is 374 g/mol. The number of aliphatic carboxylic acids is 1. The van der Waals surface area contributed by atoms with E-state index in [1.165, 1.54) is 25.7 Å². The molecule has 29 heavy (non-hydrogen) atoms. The molecule has 1 amide bonds. The zero-order valence-corrected chi connectivity index (χ0v) is 18.3. The van der Waals surface area contributed by atoms with Crippen LogP contribution in [0.5, 0.6) is 0 Å². The monoisotopic (exact) mass is 413 g/mol. The van der Waals surface area contributed by atoms with Gasteiger partial charge in [-0.15, -0.1) is 0 Å². The van der Waals surface area contributed by atoms with Crippen molar-refractivity contribution >= 4 is 17.8 Å². The Hall–Kier alpha value is -1.63. The predicted molar refractivity (Wildman–Crippen MR) is 110 cm³/mol. The summed E-state index contributed by atoms with van der Waals surface area (Å²) in [5.74, 6) is -3.12. The summed E-state index contributed by atoms with van der Waals surface area (Å²) in [5.41, 5.74) is 0. The molecule has 4 unspecified atom stereocenters. The lowest BCUT2D eigenvalue weighted by molar-refractivity contribution is -0.150. The summed E-state index contributed by atoms with van der Waals surface area (Å²) in [6.45, 7) is 7.20. The fourth-order valence-electron chi connectivity index (χ4n) is 3.37. The number of carbonyl (C=O) groups is 3. The average molecular weight is 414 g/mol. The van der Waals surface area contributed by atoms with Gasteiger partial charge in [0.2, 0.25) is 5.91 Å². The Kier molecular flexibility index (Phi) is 12.6. The van der Waals surface area contributed by atoms with Crippen molar-refractivity contribution in [2.75, 3.05) is 19.8 Å². The van der Waals surface area contributed by atoms with Gasteiger partial charge in [-0.1, -0.05) is 52.9 Å². The first-order valence-corrected chi connectivity index (χ1v) is 11.2. The Balaban J connectivity index is 2.37. The van der Waals surface area contributed by atoms with E-state index in [9.17, 15) is 19.5 Å². The highest BCUT2D eigenvalue weighted by atomic mass is 16.6. The summed E-state index contributed by atoms with van der Waals surface area (Å²) in [5, 5.41) is 12.5. The van der Waals surface area contributed by atoms with Gasteiger partial charge in [0.05, 0.1) is 18.4 Å². The third-order valence-corrected chi connectivity index (χ3v) is 5.47. The topological polar surface area (TPSA) is 105 Å². The standard InChI is InChI=1S/C22H39NO6/c1-4-6-7-8-9-10-11-23-20(24)17(5-2)13-18(21(25)26)12-16(3)22(27)29-15-19-14-28-19/h16-19H,4-15H2,1-3H3,(H,23,24)(H,25,26).